The summed E-state index contributed by atoms with van der Waals surface area (Å²) in [5.41, 5.74) is 9.09. The van der Waals surface area contributed by atoms with Gasteiger partial charge in [0.25, 0.3) is 0 Å². The van der Waals surface area contributed by atoms with Gasteiger partial charge in [-0.15, -0.1) is 0 Å². The number of benzene rings is 1. The molecule has 116 valence electrons. The van der Waals surface area contributed by atoms with Crippen LogP contribution >= 0.6 is 0 Å². The van der Waals surface area contributed by atoms with Crippen LogP contribution in [0.1, 0.15) is 62.1 Å². The van der Waals surface area contributed by atoms with E-state index in [4.69, 9.17) is 10.5 Å². The molecule has 1 aromatic carbocycles. The molecule has 0 radical (unpaired) electrons. The molecule has 1 aromatic rings. The van der Waals surface area contributed by atoms with Crippen molar-refractivity contribution in [1.29, 1.82) is 0 Å². The van der Waals surface area contributed by atoms with Crippen LogP contribution in [0.2, 0.25) is 0 Å². The van der Waals surface area contributed by atoms with Crippen molar-refractivity contribution in [2.45, 2.75) is 57.9 Å². The molecule has 3 rings (SSSR count). The molecule has 0 amide bonds. The zero-order chi connectivity index (χ0) is 14.8. The highest BCUT2D eigenvalue weighted by molar-refractivity contribution is 5.37. The third-order valence-electron chi connectivity index (χ3n) is 5.89. The number of nitrogens with two attached hydrogens (primary N) is 1. The summed E-state index contributed by atoms with van der Waals surface area (Å²) in [5, 5.41) is 0. The normalized spacial score (nSPS) is 30.5. The Bertz CT molecular complexity index is 484. The van der Waals surface area contributed by atoms with Crippen LogP contribution in [0, 0.1) is 24.7 Å². The molecule has 0 aromatic heterocycles. The Balaban J connectivity index is 1.70. The van der Waals surface area contributed by atoms with Crippen molar-refractivity contribution in [3.8, 4) is 5.75 Å². The largest absolute Gasteiger partial charge is 0.496 e. The summed E-state index contributed by atoms with van der Waals surface area (Å²) < 4.78 is 5.36. The van der Waals surface area contributed by atoms with Gasteiger partial charge in [-0.25, -0.2) is 0 Å². The molecule has 2 fully saturated rings. The van der Waals surface area contributed by atoms with Gasteiger partial charge in [0.05, 0.1) is 7.11 Å². The molecule has 2 saturated carbocycles. The molecule has 0 aliphatic heterocycles. The van der Waals surface area contributed by atoms with Crippen LogP contribution in [0.3, 0.4) is 0 Å². The van der Waals surface area contributed by atoms with Crippen molar-refractivity contribution in [2.75, 3.05) is 7.11 Å². The van der Waals surface area contributed by atoms with Crippen LogP contribution in [0.5, 0.6) is 5.75 Å². The average molecular weight is 287 g/mol. The van der Waals surface area contributed by atoms with E-state index in [-0.39, 0.29) is 6.04 Å². The van der Waals surface area contributed by atoms with E-state index in [1.165, 1.54) is 56.1 Å². The first-order valence-corrected chi connectivity index (χ1v) is 8.59. The minimum Gasteiger partial charge on any atom is -0.496 e. The Hall–Kier alpha value is -1.02. The van der Waals surface area contributed by atoms with Crippen molar-refractivity contribution < 1.29 is 4.74 Å². The van der Waals surface area contributed by atoms with Crippen molar-refractivity contribution in [3.05, 3.63) is 29.3 Å². The van der Waals surface area contributed by atoms with Crippen LogP contribution < -0.4 is 10.5 Å². The van der Waals surface area contributed by atoms with Crippen LogP contribution in [0.4, 0.5) is 0 Å². The zero-order valence-electron chi connectivity index (χ0n) is 13.5. The zero-order valence-corrected chi connectivity index (χ0v) is 13.5. The molecule has 2 nitrogen and oxygen atoms in total. The topological polar surface area (TPSA) is 35.2 Å². The van der Waals surface area contributed by atoms with Gasteiger partial charge in [-0.2, -0.15) is 0 Å². The van der Waals surface area contributed by atoms with Crippen LogP contribution in [-0.2, 0) is 0 Å². The van der Waals surface area contributed by atoms with Gasteiger partial charge in [0.1, 0.15) is 5.75 Å². The third kappa shape index (κ3) is 3.11. The number of hydrogen-bond acceptors (Lipinski definition) is 2. The summed E-state index contributed by atoms with van der Waals surface area (Å²) in [6.07, 6.45) is 9.85. The molecule has 4 unspecified atom stereocenters. The fourth-order valence-electron chi connectivity index (χ4n) is 4.62. The molecule has 0 spiro atoms. The highest BCUT2D eigenvalue weighted by Gasteiger charge is 2.34. The van der Waals surface area contributed by atoms with Crippen molar-refractivity contribution >= 4 is 0 Å². The standard InChI is InChI=1S/C19H29NO/c1-13-11-16(9-10-18(13)21-2)19(20)17-8-7-14-5-3-4-6-15(14)12-17/h9-11,14-15,17,19H,3-8,12,20H2,1-2H3. The van der Waals surface area contributed by atoms with Gasteiger partial charge >= 0.3 is 0 Å². The van der Waals surface area contributed by atoms with E-state index in [0.717, 1.165) is 17.6 Å². The van der Waals surface area contributed by atoms with E-state index >= 15 is 0 Å². The quantitative estimate of drug-likeness (QED) is 0.881. The lowest BCUT2D eigenvalue weighted by Crippen LogP contribution is -2.33. The second kappa shape index (κ2) is 6.39. The summed E-state index contributed by atoms with van der Waals surface area (Å²) in [6, 6.07) is 6.63. The molecule has 0 bridgehead atoms. The SMILES string of the molecule is COc1ccc(C(N)C2CCC3CCCCC3C2)cc1C. The van der Waals surface area contributed by atoms with E-state index in [1.807, 2.05) is 0 Å². The molecule has 0 saturated heterocycles. The fraction of sp³-hybridized carbons (Fsp3) is 0.684. The van der Waals surface area contributed by atoms with E-state index in [0.29, 0.717) is 5.92 Å². The molecule has 2 aliphatic carbocycles. The maximum absolute atomic E-state index is 6.61. The Labute approximate surface area is 129 Å². The first-order chi connectivity index (χ1) is 10.2. The second-order valence-electron chi connectivity index (χ2n) is 7.13. The van der Waals surface area contributed by atoms with Gasteiger partial charge in [-0.1, -0.05) is 37.8 Å². The number of ether oxygens (including phenoxy) is 1. The minimum absolute atomic E-state index is 0.192. The van der Waals surface area contributed by atoms with Crippen molar-refractivity contribution in [2.24, 2.45) is 23.5 Å². The number of aryl methyl sites for hydroxylation is 1. The molecule has 2 aliphatic rings. The molecule has 0 heterocycles. The highest BCUT2D eigenvalue weighted by atomic mass is 16.5. The highest BCUT2D eigenvalue weighted by Crippen LogP contribution is 2.45. The molecule has 21 heavy (non-hydrogen) atoms. The fourth-order valence-corrected chi connectivity index (χ4v) is 4.62. The minimum atomic E-state index is 0.192. The third-order valence-corrected chi connectivity index (χ3v) is 5.89. The van der Waals surface area contributed by atoms with Crippen LogP contribution in [-0.4, -0.2) is 7.11 Å². The van der Waals surface area contributed by atoms with Gasteiger partial charge in [0.15, 0.2) is 0 Å². The maximum atomic E-state index is 6.61. The van der Waals surface area contributed by atoms with E-state index < -0.39 is 0 Å². The summed E-state index contributed by atoms with van der Waals surface area (Å²) in [6.45, 7) is 2.10. The van der Waals surface area contributed by atoms with Crippen molar-refractivity contribution in [3.63, 3.8) is 0 Å². The Kier molecular flexibility index (Phi) is 4.54. The Morgan fingerprint density at radius 3 is 2.57 bits per heavy atom. The van der Waals surface area contributed by atoms with Crippen LogP contribution in [0.25, 0.3) is 0 Å². The number of fused-ring (bicyclic) bond motifs is 1. The van der Waals surface area contributed by atoms with Crippen molar-refractivity contribution in [1.82, 2.24) is 0 Å². The summed E-state index contributed by atoms with van der Waals surface area (Å²) in [7, 11) is 1.73. The van der Waals surface area contributed by atoms with Crippen LogP contribution in [0.15, 0.2) is 18.2 Å². The monoisotopic (exact) mass is 287 g/mol. The summed E-state index contributed by atoms with van der Waals surface area (Å²) in [4.78, 5) is 0. The van der Waals surface area contributed by atoms with Gasteiger partial charge < -0.3 is 10.5 Å². The first-order valence-electron chi connectivity index (χ1n) is 8.59. The molecular formula is C19H29NO. The maximum Gasteiger partial charge on any atom is 0.121 e. The predicted molar refractivity (Wildman–Crippen MR) is 87.4 cm³/mol. The number of hydrogen-bond donors (Lipinski definition) is 1. The molecule has 2 N–H and O–H groups in total. The first kappa shape index (κ1) is 14.9. The van der Waals surface area contributed by atoms with Gasteiger partial charge in [-0.05, 0) is 61.1 Å². The van der Waals surface area contributed by atoms with E-state index in [2.05, 4.69) is 25.1 Å². The smallest absolute Gasteiger partial charge is 0.121 e. The van der Waals surface area contributed by atoms with Gasteiger partial charge in [0.2, 0.25) is 0 Å². The molecule has 2 heteroatoms. The lowest BCUT2D eigenvalue weighted by atomic mass is 9.65. The number of rotatable bonds is 3. The molecule has 4 atom stereocenters. The van der Waals surface area contributed by atoms with Gasteiger partial charge in [-0.3, -0.25) is 0 Å². The number of methoxy groups -OCH3 is 1. The lowest BCUT2D eigenvalue weighted by molar-refractivity contribution is 0.117. The molecular weight excluding hydrogens is 258 g/mol. The van der Waals surface area contributed by atoms with E-state index in [9.17, 15) is 0 Å². The summed E-state index contributed by atoms with van der Waals surface area (Å²) >= 11 is 0. The predicted octanol–water partition coefficient (Wildman–Crippen LogP) is 4.61. The Morgan fingerprint density at radius 2 is 1.86 bits per heavy atom. The Morgan fingerprint density at radius 1 is 1.10 bits per heavy atom. The summed E-state index contributed by atoms with van der Waals surface area (Å²) in [5.74, 6) is 3.57. The van der Waals surface area contributed by atoms with E-state index in [1.54, 1.807) is 7.11 Å². The second-order valence-corrected chi connectivity index (χ2v) is 7.13. The average Bonchev–Trinajstić information content (AvgIpc) is 2.53. The van der Waals surface area contributed by atoms with Gasteiger partial charge in [0, 0.05) is 6.04 Å². The lowest BCUT2D eigenvalue weighted by Gasteiger charge is -2.41.